The summed E-state index contributed by atoms with van der Waals surface area (Å²) in [6, 6.07) is -0.140. The Balaban J connectivity index is 1.35. The number of fused-ring (bicyclic) bond motifs is 2. The van der Waals surface area contributed by atoms with E-state index in [4.69, 9.17) is 4.74 Å². The van der Waals surface area contributed by atoms with Gasteiger partial charge in [0, 0.05) is 13.1 Å². The van der Waals surface area contributed by atoms with Gasteiger partial charge < -0.3 is 15.4 Å². The Kier molecular flexibility index (Phi) is 3.85. The first-order valence-electron chi connectivity index (χ1n) is 7.42. The highest BCUT2D eigenvalue weighted by molar-refractivity contribution is 5.81. The molecule has 2 N–H and O–H groups in total. The molecule has 0 radical (unpaired) electrons. The van der Waals surface area contributed by atoms with E-state index in [1.54, 1.807) is 0 Å². The SMILES string of the molecule is O=C(NCCC1CC2CCC1C2)C1COCCN1. The van der Waals surface area contributed by atoms with Crippen molar-refractivity contribution >= 4 is 5.91 Å². The average molecular weight is 252 g/mol. The van der Waals surface area contributed by atoms with Crippen LogP contribution in [0.4, 0.5) is 0 Å². The first-order chi connectivity index (χ1) is 8.83. The molecule has 4 nitrogen and oxygen atoms in total. The first kappa shape index (κ1) is 12.4. The second-order valence-corrected chi connectivity index (χ2v) is 6.10. The normalized spacial score (nSPS) is 38.9. The lowest BCUT2D eigenvalue weighted by Crippen LogP contribution is -2.51. The lowest BCUT2D eigenvalue weighted by molar-refractivity contribution is -0.125. The van der Waals surface area contributed by atoms with Crippen molar-refractivity contribution in [2.24, 2.45) is 17.8 Å². The van der Waals surface area contributed by atoms with Crippen molar-refractivity contribution in [2.45, 2.75) is 38.1 Å². The molecule has 2 aliphatic carbocycles. The van der Waals surface area contributed by atoms with Gasteiger partial charge in [-0.05, 0) is 43.4 Å². The predicted molar refractivity (Wildman–Crippen MR) is 69.2 cm³/mol. The highest BCUT2D eigenvalue weighted by Crippen LogP contribution is 2.49. The Morgan fingerprint density at radius 3 is 2.94 bits per heavy atom. The molecule has 1 aliphatic heterocycles. The third-order valence-corrected chi connectivity index (χ3v) is 4.94. The van der Waals surface area contributed by atoms with Crippen molar-refractivity contribution in [3.63, 3.8) is 0 Å². The molecule has 18 heavy (non-hydrogen) atoms. The molecule has 3 aliphatic rings. The zero-order valence-electron chi connectivity index (χ0n) is 11.0. The molecule has 4 atom stereocenters. The van der Waals surface area contributed by atoms with Gasteiger partial charge in [-0.15, -0.1) is 0 Å². The second-order valence-electron chi connectivity index (χ2n) is 6.10. The van der Waals surface area contributed by atoms with Gasteiger partial charge in [0.15, 0.2) is 0 Å². The summed E-state index contributed by atoms with van der Waals surface area (Å²) in [6.07, 6.45) is 6.92. The Morgan fingerprint density at radius 1 is 1.33 bits per heavy atom. The number of morpholine rings is 1. The fraction of sp³-hybridized carbons (Fsp3) is 0.929. The molecule has 4 heteroatoms. The number of ether oxygens (including phenoxy) is 1. The molecule has 0 aromatic rings. The number of carbonyl (C=O) groups excluding carboxylic acids is 1. The van der Waals surface area contributed by atoms with E-state index in [2.05, 4.69) is 10.6 Å². The molecule has 102 valence electrons. The zero-order chi connectivity index (χ0) is 12.4. The van der Waals surface area contributed by atoms with Gasteiger partial charge in [-0.2, -0.15) is 0 Å². The number of carbonyl (C=O) groups is 1. The molecule has 2 bridgehead atoms. The van der Waals surface area contributed by atoms with Crippen LogP contribution in [0.15, 0.2) is 0 Å². The van der Waals surface area contributed by atoms with Gasteiger partial charge in [-0.25, -0.2) is 0 Å². The lowest BCUT2D eigenvalue weighted by Gasteiger charge is -2.24. The molecular weight excluding hydrogens is 228 g/mol. The summed E-state index contributed by atoms with van der Waals surface area (Å²) in [5, 5.41) is 6.24. The molecule has 4 unspecified atom stereocenters. The van der Waals surface area contributed by atoms with Crippen LogP contribution in [0.2, 0.25) is 0 Å². The number of amides is 1. The van der Waals surface area contributed by atoms with Gasteiger partial charge >= 0.3 is 0 Å². The van der Waals surface area contributed by atoms with E-state index in [1.165, 1.54) is 32.1 Å². The van der Waals surface area contributed by atoms with E-state index in [9.17, 15) is 4.79 Å². The van der Waals surface area contributed by atoms with Crippen LogP contribution in [0.3, 0.4) is 0 Å². The van der Waals surface area contributed by atoms with Crippen molar-refractivity contribution in [1.82, 2.24) is 10.6 Å². The third kappa shape index (κ3) is 2.69. The van der Waals surface area contributed by atoms with Crippen LogP contribution in [0.5, 0.6) is 0 Å². The van der Waals surface area contributed by atoms with Crippen molar-refractivity contribution in [3.05, 3.63) is 0 Å². The van der Waals surface area contributed by atoms with Crippen LogP contribution in [0.25, 0.3) is 0 Å². The fourth-order valence-electron chi connectivity index (χ4n) is 3.97. The van der Waals surface area contributed by atoms with Gasteiger partial charge in [0.05, 0.1) is 13.2 Å². The van der Waals surface area contributed by atoms with E-state index >= 15 is 0 Å². The maximum Gasteiger partial charge on any atom is 0.239 e. The third-order valence-electron chi connectivity index (χ3n) is 4.94. The van der Waals surface area contributed by atoms with Crippen LogP contribution in [-0.4, -0.2) is 38.3 Å². The summed E-state index contributed by atoms with van der Waals surface area (Å²) in [6.45, 7) is 2.85. The Hall–Kier alpha value is -0.610. The molecule has 1 amide bonds. The summed E-state index contributed by atoms with van der Waals surface area (Å²) < 4.78 is 5.30. The molecule has 0 aromatic carbocycles. The van der Waals surface area contributed by atoms with E-state index in [1.807, 2.05) is 0 Å². The number of nitrogens with one attached hydrogen (secondary N) is 2. The standard InChI is InChI=1S/C14H24N2O2/c17-14(13-9-18-6-5-15-13)16-4-3-12-8-10-1-2-11(12)7-10/h10-13,15H,1-9H2,(H,16,17). The van der Waals surface area contributed by atoms with Crippen molar-refractivity contribution in [3.8, 4) is 0 Å². The summed E-state index contributed by atoms with van der Waals surface area (Å²) in [5.41, 5.74) is 0. The topological polar surface area (TPSA) is 50.4 Å². The average Bonchev–Trinajstić information content (AvgIpc) is 3.02. The minimum absolute atomic E-state index is 0.109. The zero-order valence-corrected chi connectivity index (χ0v) is 11.0. The van der Waals surface area contributed by atoms with Crippen LogP contribution >= 0.6 is 0 Å². The maximum absolute atomic E-state index is 11.9. The molecular formula is C14H24N2O2. The summed E-state index contributed by atoms with van der Waals surface area (Å²) in [5.74, 6) is 2.95. The van der Waals surface area contributed by atoms with E-state index in [0.29, 0.717) is 6.61 Å². The fourth-order valence-corrected chi connectivity index (χ4v) is 3.97. The second kappa shape index (κ2) is 5.57. The molecule has 2 saturated carbocycles. The summed E-state index contributed by atoms with van der Waals surface area (Å²) in [7, 11) is 0. The van der Waals surface area contributed by atoms with Gasteiger partial charge in [0.25, 0.3) is 0 Å². The van der Waals surface area contributed by atoms with Crippen LogP contribution in [-0.2, 0) is 9.53 Å². The highest BCUT2D eigenvalue weighted by atomic mass is 16.5. The molecule has 0 spiro atoms. The van der Waals surface area contributed by atoms with Crippen LogP contribution in [0, 0.1) is 17.8 Å². The Labute approximate surface area is 109 Å². The summed E-state index contributed by atoms with van der Waals surface area (Å²) in [4.78, 5) is 11.9. The van der Waals surface area contributed by atoms with Crippen molar-refractivity contribution < 1.29 is 9.53 Å². The quantitative estimate of drug-likeness (QED) is 0.782. The van der Waals surface area contributed by atoms with E-state index in [0.717, 1.165) is 37.5 Å². The van der Waals surface area contributed by atoms with Crippen molar-refractivity contribution in [2.75, 3.05) is 26.3 Å². The monoisotopic (exact) mass is 252 g/mol. The first-order valence-corrected chi connectivity index (χ1v) is 7.42. The van der Waals surface area contributed by atoms with Crippen LogP contribution in [0.1, 0.15) is 32.1 Å². The molecule has 3 fully saturated rings. The van der Waals surface area contributed by atoms with Gasteiger partial charge in [-0.3, -0.25) is 4.79 Å². The highest BCUT2D eigenvalue weighted by Gasteiger charge is 2.38. The van der Waals surface area contributed by atoms with E-state index in [-0.39, 0.29) is 11.9 Å². The smallest absolute Gasteiger partial charge is 0.239 e. The Bertz CT molecular complexity index is 302. The predicted octanol–water partition coefficient (Wildman–Crippen LogP) is 0.917. The lowest BCUT2D eigenvalue weighted by atomic mass is 9.86. The van der Waals surface area contributed by atoms with E-state index < -0.39 is 0 Å². The largest absolute Gasteiger partial charge is 0.378 e. The molecule has 0 aromatic heterocycles. The minimum atomic E-state index is -0.140. The van der Waals surface area contributed by atoms with Gasteiger partial charge in [0.2, 0.25) is 5.91 Å². The Morgan fingerprint density at radius 2 is 2.28 bits per heavy atom. The number of hydrogen-bond donors (Lipinski definition) is 2. The maximum atomic E-state index is 11.9. The van der Waals surface area contributed by atoms with Gasteiger partial charge in [0.1, 0.15) is 6.04 Å². The molecule has 1 heterocycles. The summed E-state index contributed by atoms with van der Waals surface area (Å²) >= 11 is 0. The van der Waals surface area contributed by atoms with Crippen LogP contribution < -0.4 is 10.6 Å². The van der Waals surface area contributed by atoms with Gasteiger partial charge in [-0.1, -0.05) is 6.42 Å². The molecule has 3 rings (SSSR count). The van der Waals surface area contributed by atoms with Crippen molar-refractivity contribution in [1.29, 1.82) is 0 Å². The molecule has 1 saturated heterocycles. The number of hydrogen-bond acceptors (Lipinski definition) is 3. The number of rotatable bonds is 4. The minimum Gasteiger partial charge on any atom is -0.378 e.